The number of rotatable bonds is 4. The molecular formula is C23H21NO2S. The molecule has 0 spiro atoms. The molecule has 27 heavy (non-hydrogen) atoms. The van der Waals surface area contributed by atoms with Crippen LogP contribution < -0.4 is 0 Å². The molecule has 1 heterocycles. The van der Waals surface area contributed by atoms with Gasteiger partial charge < -0.3 is 0 Å². The molecule has 4 rings (SSSR count). The Morgan fingerprint density at radius 2 is 1.41 bits per heavy atom. The molecule has 0 aliphatic carbocycles. The average molecular weight is 375 g/mol. The Morgan fingerprint density at radius 1 is 0.815 bits per heavy atom. The van der Waals surface area contributed by atoms with Crippen molar-refractivity contribution < 1.29 is 8.42 Å². The Kier molecular flexibility index (Phi) is 4.68. The standard InChI is InChI=1S/C23H21NO2S/c1-18-12-14-22(15-13-18)27(25,26)24-17-21(19-8-4-2-5-9-19)16-23(24)20-10-6-3-7-11-20/h2-16,23H,17H2,1H3/t23-/m1/s1. The quantitative estimate of drug-likeness (QED) is 0.655. The SMILES string of the molecule is Cc1ccc(S(=O)(=O)N2CC(c3ccccc3)=C[C@@H]2c2ccccc2)cc1. The minimum Gasteiger partial charge on any atom is -0.207 e. The van der Waals surface area contributed by atoms with Crippen molar-refractivity contribution in [3.8, 4) is 0 Å². The molecular weight excluding hydrogens is 354 g/mol. The number of aryl methyl sites for hydroxylation is 1. The second-order valence-electron chi connectivity index (χ2n) is 6.78. The average Bonchev–Trinajstić information content (AvgIpc) is 3.16. The molecule has 0 aromatic heterocycles. The molecule has 1 aliphatic rings. The van der Waals surface area contributed by atoms with Gasteiger partial charge in [0.1, 0.15) is 0 Å². The molecule has 0 radical (unpaired) electrons. The van der Waals surface area contributed by atoms with Crippen LogP contribution in [0.25, 0.3) is 5.57 Å². The van der Waals surface area contributed by atoms with Crippen LogP contribution in [0.3, 0.4) is 0 Å². The number of nitrogens with zero attached hydrogens (tertiary/aromatic N) is 1. The smallest absolute Gasteiger partial charge is 0.207 e. The van der Waals surface area contributed by atoms with Gasteiger partial charge in [0.2, 0.25) is 10.0 Å². The maximum Gasteiger partial charge on any atom is 0.244 e. The summed E-state index contributed by atoms with van der Waals surface area (Å²) in [6.07, 6.45) is 2.07. The summed E-state index contributed by atoms with van der Waals surface area (Å²) in [4.78, 5) is 0.330. The van der Waals surface area contributed by atoms with Gasteiger partial charge in [-0.2, -0.15) is 4.31 Å². The highest BCUT2D eigenvalue weighted by Gasteiger charge is 2.36. The fourth-order valence-electron chi connectivity index (χ4n) is 3.43. The van der Waals surface area contributed by atoms with Crippen molar-refractivity contribution in [2.45, 2.75) is 17.9 Å². The van der Waals surface area contributed by atoms with Crippen molar-refractivity contribution in [2.24, 2.45) is 0 Å². The first kappa shape index (κ1) is 17.7. The molecule has 1 atom stereocenters. The zero-order chi connectivity index (χ0) is 18.9. The molecule has 0 amide bonds. The molecule has 0 saturated heterocycles. The van der Waals surface area contributed by atoms with E-state index in [1.54, 1.807) is 16.4 Å². The lowest BCUT2D eigenvalue weighted by atomic mass is 10.0. The fraction of sp³-hybridized carbons (Fsp3) is 0.130. The molecule has 3 aromatic carbocycles. The van der Waals surface area contributed by atoms with Gasteiger partial charge in [0, 0.05) is 6.54 Å². The van der Waals surface area contributed by atoms with Crippen LogP contribution in [0.2, 0.25) is 0 Å². The summed E-state index contributed by atoms with van der Waals surface area (Å²) in [6, 6.07) is 26.5. The van der Waals surface area contributed by atoms with E-state index >= 15 is 0 Å². The molecule has 0 saturated carbocycles. The molecule has 136 valence electrons. The van der Waals surface area contributed by atoms with Crippen molar-refractivity contribution >= 4 is 15.6 Å². The van der Waals surface area contributed by atoms with Crippen LogP contribution in [0.4, 0.5) is 0 Å². The van der Waals surface area contributed by atoms with E-state index < -0.39 is 10.0 Å². The first-order chi connectivity index (χ1) is 13.1. The summed E-state index contributed by atoms with van der Waals surface area (Å²) in [6.45, 7) is 2.31. The van der Waals surface area contributed by atoms with Crippen LogP contribution >= 0.6 is 0 Å². The maximum absolute atomic E-state index is 13.4. The highest BCUT2D eigenvalue weighted by atomic mass is 32.2. The first-order valence-corrected chi connectivity index (χ1v) is 10.4. The van der Waals surface area contributed by atoms with Crippen molar-refractivity contribution in [3.05, 3.63) is 108 Å². The Balaban J connectivity index is 1.78. The van der Waals surface area contributed by atoms with Crippen molar-refractivity contribution in [1.82, 2.24) is 4.31 Å². The van der Waals surface area contributed by atoms with Crippen molar-refractivity contribution in [3.63, 3.8) is 0 Å². The van der Waals surface area contributed by atoms with Gasteiger partial charge in [0.25, 0.3) is 0 Å². The Bertz CT molecular complexity index is 1060. The monoisotopic (exact) mass is 375 g/mol. The summed E-state index contributed by atoms with van der Waals surface area (Å²) in [5.74, 6) is 0. The third kappa shape index (κ3) is 3.46. The van der Waals surface area contributed by atoms with Crippen LogP contribution in [-0.4, -0.2) is 19.3 Å². The zero-order valence-electron chi connectivity index (χ0n) is 15.1. The molecule has 0 bridgehead atoms. The number of hydrogen-bond donors (Lipinski definition) is 0. The van der Waals surface area contributed by atoms with E-state index in [0.717, 1.165) is 22.3 Å². The largest absolute Gasteiger partial charge is 0.244 e. The zero-order valence-corrected chi connectivity index (χ0v) is 15.9. The Morgan fingerprint density at radius 3 is 2.04 bits per heavy atom. The summed E-state index contributed by atoms with van der Waals surface area (Å²) >= 11 is 0. The third-order valence-electron chi connectivity index (χ3n) is 4.91. The predicted octanol–water partition coefficient (Wildman–Crippen LogP) is 4.82. The van der Waals surface area contributed by atoms with Crippen LogP contribution in [0.5, 0.6) is 0 Å². The van der Waals surface area contributed by atoms with Gasteiger partial charge in [0.05, 0.1) is 10.9 Å². The Hall–Kier alpha value is -2.69. The summed E-state index contributed by atoms with van der Waals surface area (Å²) in [5, 5.41) is 0. The van der Waals surface area contributed by atoms with Crippen LogP contribution in [0.15, 0.2) is 95.9 Å². The normalized spacial score (nSPS) is 17.7. The molecule has 4 heteroatoms. The molecule has 3 nitrogen and oxygen atoms in total. The van der Waals surface area contributed by atoms with E-state index in [4.69, 9.17) is 0 Å². The van der Waals surface area contributed by atoms with Gasteiger partial charge in [-0.05, 0) is 35.8 Å². The molecule has 0 fully saturated rings. The number of hydrogen-bond acceptors (Lipinski definition) is 2. The second kappa shape index (κ2) is 7.14. The fourth-order valence-corrected chi connectivity index (χ4v) is 4.97. The van der Waals surface area contributed by atoms with Crippen LogP contribution in [0.1, 0.15) is 22.7 Å². The number of benzene rings is 3. The van der Waals surface area contributed by atoms with Crippen LogP contribution in [0, 0.1) is 6.92 Å². The van der Waals surface area contributed by atoms with Crippen LogP contribution in [-0.2, 0) is 10.0 Å². The lowest BCUT2D eigenvalue weighted by molar-refractivity contribution is 0.420. The minimum atomic E-state index is -3.61. The highest BCUT2D eigenvalue weighted by molar-refractivity contribution is 7.89. The Labute approximate surface area is 160 Å². The molecule has 3 aromatic rings. The number of sulfonamides is 1. The first-order valence-electron chi connectivity index (χ1n) is 8.95. The lowest BCUT2D eigenvalue weighted by Crippen LogP contribution is -2.31. The molecule has 1 aliphatic heterocycles. The van der Waals surface area contributed by atoms with Gasteiger partial charge in [-0.15, -0.1) is 0 Å². The van der Waals surface area contributed by atoms with E-state index in [0.29, 0.717) is 11.4 Å². The molecule has 0 unspecified atom stereocenters. The van der Waals surface area contributed by atoms with Gasteiger partial charge >= 0.3 is 0 Å². The summed E-state index contributed by atoms with van der Waals surface area (Å²) in [5.41, 5.74) is 4.09. The summed E-state index contributed by atoms with van der Waals surface area (Å²) < 4.78 is 28.4. The topological polar surface area (TPSA) is 37.4 Å². The van der Waals surface area contributed by atoms with Gasteiger partial charge in [0.15, 0.2) is 0 Å². The summed E-state index contributed by atoms with van der Waals surface area (Å²) in [7, 11) is -3.61. The molecule has 0 N–H and O–H groups in total. The van der Waals surface area contributed by atoms with Crippen molar-refractivity contribution in [1.29, 1.82) is 0 Å². The van der Waals surface area contributed by atoms with E-state index in [1.807, 2.05) is 79.7 Å². The predicted molar refractivity (Wildman–Crippen MR) is 109 cm³/mol. The maximum atomic E-state index is 13.4. The van der Waals surface area contributed by atoms with Gasteiger partial charge in [-0.25, -0.2) is 8.42 Å². The van der Waals surface area contributed by atoms with E-state index in [2.05, 4.69) is 6.08 Å². The third-order valence-corrected chi connectivity index (χ3v) is 6.75. The minimum absolute atomic E-state index is 0.312. The van der Waals surface area contributed by atoms with E-state index in [9.17, 15) is 8.42 Å². The van der Waals surface area contributed by atoms with Crippen molar-refractivity contribution in [2.75, 3.05) is 6.54 Å². The van der Waals surface area contributed by atoms with E-state index in [-0.39, 0.29) is 6.04 Å². The highest BCUT2D eigenvalue weighted by Crippen LogP contribution is 2.38. The van der Waals surface area contributed by atoms with E-state index in [1.165, 1.54) is 0 Å². The second-order valence-corrected chi connectivity index (χ2v) is 8.67. The van der Waals surface area contributed by atoms with Gasteiger partial charge in [-0.1, -0.05) is 84.4 Å². The lowest BCUT2D eigenvalue weighted by Gasteiger charge is -2.24. The van der Waals surface area contributed by atoms with Gasteiger partial charge in [-0.3, -0.25) is 0 Å².